The molecule has 21 heavy (non-hydrogen) atoms. The lowest BCUT2D eigenvalue weighted by atomic mass is 10.1. The van der Waals surface area contributed by atoms with E-state index in [1.165, 1.54) is 13.2 Å². The number of hydrogen-bond acceptors (Lipinski definition) is 4. The first kappa shape index (κ1) is 16.1. The van der Waals surface area contributed by atoms with Crippen LogP contribution in [0.4, 0.5) is 4.39 Å². The van der Waals surface area contributed by atoms with Crippen molar-refractivity contribution in [2.24, 2.45) is 5.84 Å². The van der Waals surface area contributed by atoms with E-state index < -0.39 is 5.82 Å². The second-order valence-corrected chi connectivity index (χ2v) is 5.82. The Morgan fingerprint density at radius 3 is 2.71 bits per heavy atom. The van der Waals surface area contributed by atoms with E-state index in [2.05, 4.69) is 5.43 Å². The zero-order chi connectivity index (χ0) is 15.2. The zero-order valence-electron chi connectivity index (χ0n) is 11.5. The van der Waals surface area contributed by atoms with Crippen molar-refractivity contribution in [3.63, 3.8) is 0 Å². The fourth-order valence-electron chi connectivity index (χ4n) is 1.87. The second-order valence-electron chi connectivity index (χ2n) is 4.35. The van der Waals surface area contributed by atoms with Crippen LogP contribution in [0.15, 0.2) is 47.4 Å². The standard InChI is InChI=1S/C15H16ClFN2OS/c1-20-14-7-6-10(8-12(14)17)13(19-18)9-21-15-5-3-2-4-11(15)16/h2-8,13,19H,9,18H2,1H3. The first-order chi connectivity index (χ1) is 10.2. The molecule has 0 aromatic heterocycles. The molecule has 112 valence electrons. The highest BCUT2D eigenvalue weighted by atomic mass is 35.5. The third kappa shape index (κ3) is 4.11. The van der Waals surface area contributed by atoms with Crippen molar-refractivity contribution in [2.75, 3.05) is 12.9 Å². The first-order valence-corrected chi connectivity index (χ1v) is 7.69. The number of ether oxygens (including phenoxy) is 1. The Hall–Kier alpha value is -1.27. The van der Waals surface area contributed by atoms with Gasteiger partial charge in [-0.25, -0.2) is 4.39 Å². The summed E-state index contributed by atoms with van der Waals surface area (Å²) in [7, 11) is 1.43. The predicted molar refractivity (Wildman–Crippen MR) is 85.2 cm³/mol. The van der Waals surface area contributed by atoms with E-state index in [0.29, 0.717) is 10.8 Å². The molecule has 0 radical (unpaired) electrons. The van der Waals surface area contributed by atoms with Gasteiger partial charge in [0, 0.05) is 10.6 Å². The summed E-state index contributed by atoms with van der Waals surface area (Å²) in [5.41, 5.74) is 3.46. The molecule has 3 nitrogen and oxygen atoms in total. The molecule has 6 heteroatoms. The summed E-state index contributed by atoms with van der Waals surface area (Å²) in [5.74, 6) is 6.02. The number of hydrogen-bond donors (Lipinski definition) is 2. The topological polar surface area (TPSA) is 47.3 Å². The minimum absolute atomic E-state index is 0.188. The molecule has 0 fully saturated rings. The van der Waals surface area contributed by atoms with Crippen LogP contribution in [0.3, 0.4) is 0 Å². The highest BCUT2D eigenvalue weighted by Crippen LogP contribution is 2.30. The quantitative estimate of drug-likeness (QED) is 0.482. The third-order valence-electron chi connectivity index (χ3n) is 3.02. The molecule has 0 aliphatic carbocycles. The lowest BCUT2D eigenvalue weighted by Crippen LogP contribution is -2.29. The Labute approximate surface area is 132 Å². The van der Waals surface area contributed by atoms with Crippen molar-refractivity contribution >= 4 is 23.4 Å². The monoisotopic (exact) mass is 326 g/mol. The Balaban J connectivity index is 2.10. The van der Waals surface area contributed by atoms with E-state index in [1.54, 1.807) is 23.9 Å². The van der Waals surface area contributed by atoms with E-state index in [4.69, 9.17) is 22.2 Å². The Bertz CT molecular complexity index is 612. The van der Waals surface area contributed by atoms with Crippen molar-refractivity contribution in [1.82, 2.24) is 5.43 Å². The van der Waals surface area contributed by atoms with E-state index in [-0.39, 0.29) is 11.8 Å². The largest absolute Gasteiger partial charge is 0.494 e. The molecular formula is C15H16ClFN2OS. The van der Waals surface area contributed by atoms with E-state index in [9.17, 15) is 4.39 Å². The molecule has 3 N–H and O–H groups in total. The fraction of sp³-hybridized carbons (Fsp3) is 0.200. The lowest BCUT2D eigenvalue weighted by Gasteiger charge is -2.17. The van der Waals surface area contributed by atoms with Crippen LogP contribution in [0.5, 0.6) is 5.75 Å². The number of nitrogens with two attached hydrogens (primary N) is 1. The number of benzene rings is 2. The Kier molecular flexibility index (Phi) is 5.87. The molecule has 1 atom stereocenters. The molecular weight excluding hydrogens is 311 g/mol. The number of hydrazine groups is 1. The third-order valence-corrected chi connectivity index (χ3v) is 4.63. The summed E-state index contributed by atoms with van der Waals surface area (Å²) in [5, 5.41) is 0.694. The van der Waals surface area contributed by atoms with Gasteiger partial charge in [-0.05, 0) is 29.8 Å². The summed E-state index contributed by atoms with van der Waals surface area (Å²) < 4.78 is 18.7. The molecule has 0 amide bonds. The highest BCUT2D eigenvalue weighted by Gasteiger charge is 2.14. The van der Waals surface area contributed by atoms with Crippen molar-refractivity contribution in [1.29, 1.82) is 0 Å². The van der Waals surface area contributed by atoms with E-state index in [0.717, 1.165) is 10.5 Å². The van der Waals surface area contributed by atoms with Crippen LogP contribution in [-0.2, 0) is 0 Å². The summed E-state index contributed by atoms with van der Waals surface area (Å²) in [6.07, 6.45) is 0. The molecule has 0 saturated carbocycles. The van der Waals surface area contributed by atoms with Crippen molar-refractivity contribution < 1.29 is 9.13 Å². The average molecular weight is 327 g/mol. The van der Waals surface area contributed by atoms with Gasteiger partial charge in [0.25, 0.3) is 0 Å². The van der Waals surface area contributed by atoms with Gasteiger partial charge in [0.15, 0.2) is 11.6 Å². The average Bonchev–Trinajstić information content (AvgIpc) is 2.50. The van der Waals surface area contributed by atoms with E-state index in [1.807, 2.05) is 24.3 Å². The van der Waals surface area contributed by atoms with Crippen molar-refractivity contribution in [3.8, 4) is 5.75 Å². The molecule has 0 saturated heterocycles. The smallest absolute Gasteiger partial charge is 0.165 e. The number of thioether (sulfide) groups is 1. The van der Waals surface area contributed by atoms with Gasteiger partial charge < -0.3 is 4.74 Å². The molecule has 0 aliphatic rings. The molecule has 0 heterocycles. The maximum Gasteiger partial charge on any atom is 0.165 e. The fourth-order valence-corrected chi connectivity index (χ4v) is 3.19. The van der Waals surface area contributed by atoms with Crippen molar-refractivity contribution in [3.05, 3.63) is 58.9 Å². The van der Waals surface area contributed by atoms with Gasteiger partial charge in [-0.3, -0.25) is 11.3 Å². The zero-order valence-corrected chi connectivity index (χ0v) is 13.0. The molecule has 2 aromatic carbocycles. The molecule has 0 aliphatic heterocycles. The first-order valence-electron chi connectivity index (χ1n) is 6.32. The van der Waals surface area contributed by atoms with Crippen LogP contribution in [0.25, 0.3) is 0 Å². The van der Waals surface area contributed by atoms with Crippen LogP contribution in [0.2, 0.25) is 5.02 Å². The molecule has 2 aromatic rings. The molecule has 1 unspecified atom stereocenters. The highest BCUT2D eigenvalue weighted by molar-refractivity contribution is 7.99. The summed E-state index contributed by atoms with van der Waals surface area (Å²) in [6.45, 7) is 0. The van der Waals surface area contributed by atoms with Crippen LogP contribution in [0.1, 0.15) is 11.6 Å². The number of rotatable bonds is 6. The second kappa shape index (κ2) is 7.66. The Morgan fingerprint density at radius 2 is 2.10 bits per heavy atom. The summed E-state index contributed by atoms with van der Waals surface area (Å²) in [6, 6.07) is 12.2. The number of halogens is 2. The number of methoxy groups -OCH3 is 1. The Morgan fingerprint density at radius 1 is 1.33 bits per heavy atom. The van der Waals surface area contributed by atoms with Gasteiger partial charge in [0.05, 0.1) is 18.2 Å². The van der Waals surface area contributed by atoms with Gasteiger partial charge in [-0.15, -0.1) is 11.8 Å². The van der Waals surface area contributed by atoms with Crippen LogP contribution in [0, 0.1) is 5.82 Å². The summed E-state index contributed by atoms with van der Waals surface area (Å²) in [4.78, 5) is 0.966. The molecule has 2 rings (SSSR count). The molecule has 0 bridgehead atoms. The van der Waals surface area contributed by atoms with Crippen LogP contribution < -0.4 is 16.0 Å². The lowest BCUT2D eigenvalue weighted by molar-refractivity contribution is 0.385. The van der Waals surface area contributed by atoms with Gasteiger partial charge in [0.2, 0.25) is 0 Å². The maximum absolute atomic E-state index is 13.8. The summed E-state index contributed by atoms with van der Waals surface area (Å²) >= 11 is 7.67. The van der Waals surface area contributed by atoms with Gasteiger partial charge in [-0.1, -0.05) is 29.8 Å². The van der Waals surface area contributed by atoms with Crippen LogP contribution in [-0.4, -0.2) is 12.9 Å². The minimum atomic E-state index is -0.405. The van der Waals surface area contributed by atoms with Gasteiger partial charge in [0.1, 0.15) is 0 Å². The van der Waals surface area contributed by atoms with Crippen LogP contribution >= 0.6 is 23.4 Å². The van der Waals surface area contributed by atoms with Gasteiger partial charge in [-0.2, -0.15) is 0 Å². The SMILES string of the molecule is COc1ccc(C(CSc2ccccc2Cl)NN)cc1F. The van der Waals surface area contributed by atoms with E-state index >= 15 is 0 Å². The van der Waals surface area contributed by atoms with Gasteiger partial charge >= 0.3 is 0 Å². The maximum atomic E-state index is 13.8. The molecule has 0 spiro atoms. The number of nitrogens with one attached hydrogen (secondary N) is 1. The predicted octanol–water partition coefficient (Wildman–Crippen LogP) is 3.78. The normalized spacial score (nSPS) is 12.2. The minimum Gasteiger partial charge on any atom is -0.494 e. The van der Waals surface area contributed by atoms with Crippen molar-refractivity contribution in [2.45, 2.75) is 10.9 Å².